The van der Waals surface area contributed by atoms with Crippen molar-refractivity contribution < 1.29 is 14.3 Å². The van der Waals surface area contributed by atoms with Gasteiger partial charge in [-0.1, -0.05) is 0 Å². The zero-order chi connectivity index (χ0) is 13.6. The van der Waals surface area contributed by atoms with Crippen molar-refractivity contribution in [3.05, 3.63) is 46.7 Å². The average Bonchev–Trinajstić information content (AvgIpc) is 2.92. The van der Waals surface area contributed by atoms with Crippen molar-refractivity contribution in [1.82, 2.24) is 9.78 Å². The Morgan fingerprint density at radius 3 is 2.68 bits per heavy atom. The van der Waals surface area contributed by atoms with Gasteiger partial charge in [-0.15, -0.1) is 11.3 Å². The van der Waals surface area contributed by atoms with Crippen molar-refractivity contribution in [3.8, 4) is 5.69 Å². The number of hydrogen-bond donors (Lipinski definition) is 0. The number of benzene rings is 1. The van der Waals surface area contributed by atoms with Crippen LogP contribution in [0.4, 0.5) is 4.39 Å². The fourth-order valence-corrected chi connectivity index (χ4v) is 2.92. The van der Waals surface area contributed by atoms with Gasteiger partial charge >= 0.3 is 0 Å². The SMILES string of the molecule is Cc1nn(-c2ccc(F)cc2)c2sc(C(=O)[O-])cc12. The van der Waals surface area contributed by atoms with Crippen LogP contribution in [0, 0.1) is 12.7 Å². The van der Waals surface area contributed by atoms with E-state index >= 15 is 0 Å². The molecule has 2 aromatic heterocycles. The Balaban J connectivity index is 2.23. The van der Waals surface area contributed by atoms with E-state index in [1.54, 1.807) is 29.8 Å². The van der Waals surface area contributed by atoms with E-state index in [-0.39, 0.29) is 10.7 Å². The van der Waals surface area contributed by atoms with E-state index in [1.807, 2.05) is 0 Å². The molecule has 0 atom stereocenters. The zero-order valence-electron chi connectivity index (χ0n) is 9.88. The molecule has 0 aliphatic heterocycles. The lowest BCUT2D eigenvalue weighted by Crippen LogP contribution is -2.20. The maximum absolute atomic E-state index is 12.9. The number of aromatic nitrogens is 2. The highest BCUT2D eigenvalue weighted by Gasteiger charge is 2.13. The third-order valence-corrected chi connectivity index (χ3v) is 3.91. The molecule has 2 heterocycles. The van der Waals surface area contributed by atoms with E-state index in [4.69, 9.17) is 0 Å². The van der Waals surface area contributed by atoms with Gasteiger partial charge in [0.15, 0.2) is 0 Å². The van der Waals surface area contributed by atoms with Crippen molar-refractivity contribution in [2.75, 3.05) is 0 Å². The van der Waals surface area contributed by atoms with Crippen LogP contribution in [0.1, 0.15) is 15.4 Å². The van der Waals surface area contributed by atoms with Gasteiger partial charge in [-0.2, -0.15) is 5.10 Å². The van der Waals surface area contributed by atoms with Crippen LogP contribution in [0.15, 0.2) is 30.3 Å². The number of aryl methyl sites for hydroxylation is 1. The number of carbonyl (C=O) groups excluding carboxylic acids is 1. The molecule has 0 N–H and O–H groups in total. The fourth-order valence-electron chi connectivity index (χ4n) is 1.91. The number of thiophene rings is 1. The molecule has 0 amide bonds. The minimum Gasteiger partial charge on any atom is -0.544 e. The number of nitrogens with zero attached hydrogens (tertiary/aromatic N) is 2. The summed E-state index contributed by atoms with van der Waals surface area (Å²) in [6, 6.07) is 7.42. The van der Waals surface area contributed by atoms with E-state index < -0.39 is 5.97 Å². The molecule has 0 unspecified atom stereocenters. The molecule has 0 saturated carbocycles. The number of hydrogen-bond acceptors (Lipinski definition) is 4. The molecule has 0 aliphatic rings. The molecule has 19 heavy (non-hydrogen) atoms. The third-order valence-electron chi connectivity index (χ3n) is 2.82. The van der Waals surface area contributed by atoms with E-state index in [1.165, 1.54) is 12.1 Å². The summed E-state index contributed by atoms with van der Waals surface area (Å²) < 4.78 is 14.5. The van der Waals surface area contributed by atoms with Crippen LogP contribution in [0.5, 0.6) is 0 Å². The van der Waals surface area contributed by atoms with Gasteiger partial charge in [0.1, 0.15) is 10.6 Å². The highest BCUT2D eigenvalue weighted by molar-refractivity contribution is 7.20. The molecule has 6 heteroatoms. The lowest BCUT2D eigenvalue weighted by molar-refractivity contribution is -0.254. The Kier molecular flexibility index (Phi) is 2.60. The van der Waals surface area contributed by atoms with Crippen LogP contribution in [0.2, 0.25) is 0 Å². The van der Waals surface area contributed by atoms with Crippen molar-refractivity contribution in [2.45, 2.75) is 6.92 Å². The van der Waals surface area contributed by atoms with Crippen molar-refractivity contribution in [2.24, 2.45) is 0 Å². The van der Waals surface area contributed by atoms with Gasteiger partial charge in [0.2, 0.25) is 0 Å². The second-order valence-electron chi connectivity index (χ2n) is 4.09. The van der Waals surface area contributed by atoms with Gasteiger partial charge in [0, 0.05) is 5.39 Å². The minimum absolute atomic E-state index is 0.159. The Labute approximate surface area is 111 Å². The topological polar surface area (TPSA) is 58.0 Å². The number of carbonyl (C=O) groups is 1. The molecular formula is C13H8FN2O2S-. The van der Waals surface area contributed by atoms with Crippen LogP contribution in [-0.4, -0.2) is 15.7 Å². The van der Waals surface area contributed by atoms with Gasteiger partial charge in [0.05, 0.1) is 22.2 Å². The molecule has 0 fully saturated rings. The molecule has 4 nitrogen and oxygen atoms in total. The standard InChI is InChI=1S/C13H9FN2O2S/c1-7-10-6-11(13(17)18)19-12(10)16(15-7)9-4-2-8(14)3-5-9/h2-6H,1H3,(H,17,18)/p-1. The number of carboxylic acids is 1. The smallest absolute Gasteiger partial charge is 0.128 e. The lowest BCUT2D eigenvalue weighted by atomic mass is 10.3. The molecule has 96 valence electrons. The van der Waals surface area contributed by atoms with E-state index in [0.29, 0.717) is 10.5 Å². The summed E-state index contributed by atoms with van der Waals surface area (Å²) in [6.07, 6.45) is 0. The molecule has 1 aromatic carbocycles. The summed E-state index contributed by atoms with van der Waals surface area (Å²) in [5.74, 6) is -1.53. The predicted molar refractivity (Wildman–Crippen MR) is 68.0 cm³/mol. The van der Waals surface area contributed by atoms with Crippen LogP contribution in [-0.2, 0) is 0 Å². The number of aromatic carboxylic acids is 1. The Hall–Kier alpha value is -2.21. The molecule has 0 radical (unpaired) electrons. The molecule has 0 saturated heterocycles. The van der Waals surface area contributed by atoms with Crippen molar-refractivity contribution >= 4 is 27.5 Å². The summed E-state index contributed by atoms with van der Waals surface area (Å²) in [4.78, 5) is 11.8. The number of fused-ring (bicyclic) bond motifs is 1. The first kappa shape index (κ1) is 11.9. The third kappa shape index (κ3) is 1.90. The number of rotatable bonds is 2. The van der Waals surface area contributed by atoms with Crippen LogP contribution in [0.25, 0.3) is 15.9 Å². The minimum atomic E-state index is -1.20. The van der Waals surface area contributed by atoms with Crippen LogP contribution in [0.3, 0.4) is 0 Å². The monoisotopic (exact) mass is 275 g/mol. The van der Waals surface area contributed by atoms with Crippen LogP contribution < -0.4 is 5.11 Å². The van der Waals surface area contributed by atoms with E-state index in [2.05, 4.69) is 5.10 Å². The zero-order valence-corrected chi connectivity index (χ0v) is 10.7. The Morgan fingerprint density at radius 1 is 1.37 bits per heavy atom. The summed E-state index contributed by atoms with van der Waals surface area (Å²) in [5.41, 5.74) is 1.41. The number of halogens is 1. The van der Waals surface area contributed by atoms with Gasteiger partial charge in [-0.25, -0.2) is 9.07 Å². The van der Waals surface area contributed by atoms with Gasteiger partial charge in [0.25, 0.3) is 0 Å². The first-order valence-corrected chi connectivity index (χ1v) is 6.34. The summed E-state index contributed by atoms with van der Waals surface area (Å²) in [5, 5.41) is 16.0. The molecule has 0 bridgehead atoms. The number of carboxylic acid groups (broad SMARTS) is 1. The van der Waals surface area contributed by atoms with Gasteiger partial charge in [-0.3, -0.25) is 0 Å². The summed E-state index contributed by atoms with van der Waals surface area (Å²) >= 11 is 1.10. The van der Waals surface area contributed by atoms with E-state index in [9.17, 15) is 14.3 Å². The lowest BCUT2D eigenvalue weighted by Gasteiger charge is -2.01. The Bertz CT molecular complexity index is 774. The molecule has 3 rings (SSSR count). The van der Waals surface area contributed by atoms with Crippen LogP contribution >= 0.6 is 11.3 Å². The van der Waals surface area contributed by atoms with Crippen molar-refractivity contribution in [3.63, 3.8) is 0 Å². The Morgan fingerprint density at radius 2 is 2.05 bits per heavy atom. The second kappa shape index (κ2) is 4.17. The quantitative estimate of drug-likeness (QED) is 0.717. The maximum atomic E-state index is 12.9. The maximum Gasteiger partial charge on any atom is 0.128 e. The molecule has 0 spiro atoms. The van der Waals surface area contributed by atoms with E-state index in [0.717, 1.165) is 22.4 Å². The van der Waals surface area contributed by atoms with Gasteiger partial charge in [-0.05, 0) is 37.3 Å². The normalized spacial score (nSPS) is 11.1. The summed E-state index contributed by atoms with van der Waals surface area (Å²) in [7, 11) is 0. The average molecular weight is 275 g/mol. The van der Waals surface area contributed by atoms with Gasteiger partial charge < -0.3 is 9.90 Å². The fraction of sp³-hybridized carbons (Fsp3) is 0.0769. The second-order valence-corrected chi connectivity index (χ2v) is 5.12. The highest BCUT2D eigenvalue weighted by atomic mass is 32.1. The molecule has 3 aromatic rings. The largest absolute Gasteiger partial charge is 0.544 e. The highest BCUT2D eigenvalue weighted by Crippen LogP contribution is 2.30. The molecule has 0 aliphatic carbocycles. The first-order chi connectivity index (χ1) is 9.06. The van der Waals surface area contributed by atoms with Crippen molar-refractivity contribution in [1.29, 1.82) is 0 Å². The summed E-state index contributed by atoms with van der Waals surface area (Å²) in [6.45, 7) is 1.80. The molecular weight excluding hydrogens is 267 g/mol. The first-order valence-electron chi connectivity index (χ1n) is 5.53. The predicted octanol–water partition coefficient (Wildman–Crippen LogP) is 1.90.